The molecular weight excluding hydrogens is 288 g/mol. The largest absolute Gasteiger partial charge is 0.392 e. The number of aliphatic hydroxyl groups excluding tert-OH is 2. The number of rotatable bonds is 7. The highest BCUT2D eigenvalue weighted by molar-refractivity contribution is 5.81. The Hall–Kier alpha value is -0.930. The molecule has 0 heterocycles. The second-order valence-electron chi connectivity index (χ2n) is 7.90. The van der Waals surface area contributed by atoms with Crippen LogP contribution in [0.1, 0.15) is 59.3 Å². The van der Waals surface area contributed by atoms with Gasteiger partial charge in [-0.3, -0.25) is 4.79 Å². The van der Waals surface area contributed by atoms with Gasteiger partial charge in [0.15, 0.2) is 0 Å². The number of fused-ring (bicyclic) bond motifs is 1. The molecule has 23 heavy (non-hydrogen) atoms. The maximum absolute atomic E-state index is 11.6. The molecule has 3 nitrogen and oxygen atoms in total. The lowest BCUT2D eigenvalue weighted by atomic mass is 9.90. The molecule has 2 aliphatic rings. The molecule has 0 saturated heterocycles. The van der Waals surface area contributed by atoms with Gasteiger partial charge in [0.05, 0.1) is 12.2 Å². The fraction of sp³-hybridized carbons (Fsp3) is 0.750. The average Bonchev–Trinajstić information content (AvgIpc) is 2.91. The molecule has 6 atom stereocenters. The minimum absolute atomic E-state index is 0.0436. The van der Waals surface area contributed by atoms with Crippen LogP contribution in [0.25, 0.3) is 0 Å². The monoisotopic (exact) mass is 320 g/mol. The summed E-state index contributed by atoms with van der Waals surface area (Å²) in [6.45, 7) is 6.39. The zero-order chi connectivity index (χ0) is 17.0. The molecule has 2 rings (SSSR count). The molecule has 3 heteroatoms. The quantitative estimate of drug-likeness (QED) is 0.704. The second kappa shape index (κ2) is 8.25. The number of aliphatic hydroxyl groups is 2. The molecule has 2 aliphatic carbocycles. The molecule has 2 saturated carbocycles. The summed E-state index contributed by atoms with van der Waals surface area (Å²) in [5, 5.41) is 20.4. The molecule has 0 aromatic heterocycles. The minimum Gasteiger partial charge on any atom is -0.392 e. The van der Waals surface area contributed by atoms with Crippen molar-refractivity contribution in [3.63, 3.8) is 0 Å². The summed E-state index contributed by atoms with van der Waals surface area (Å²) in [6, 6.07) is 0. The molecule has 0 aromatic carbocycles. The Morgan fingerprint density at radius 2 is 2.09 bits per heavy atom. The first-order valence-corrected chi connectivity index (χ1v) is 9.06. The Balaban J connectivity index is 1.80. The van der Waals surface area contributed by atoms with E-state index in [-0.39, 0.29) is 17.9 Å². The number of ketones is 1. The van der Waals surface area contributed by atoms with Gasteiger partial charge in [-0.25, -0.2) is 0 Å². The highest BCUT2D eigenvalue weighted by atomic mass is 16.3. The van der Waals surface area contributed by atoms with Crippen LogP contribution in [0.3, 0.4) is 0 Å². The van der Waals surface area contributed by atoms with Crippen LogP contribution >= 0.6 is 0 Å². The fourth-order valence-corrected chi connectivity index (χ4v) is 4.21. The van der Waals surface area contributed by atoms with Gasteiger partial charge >= 0.3 is 0 Å². The Bertz CT molecular complexity index is 462. The number of carbonyl (C=O) groups is 1. The first kappa shape index (κ1) is 18.4. The predicted molar refractivity (Wildman–Crippen MR) is 92.9 cm³/mol. The van der Waals surface area contributed by atoms with Crippen molar-refractivity contribution in [3.05, 3.63) is 23.8 Å². The summed E-state index contributed by atoms with van der Waals surface area (Å²) in [6.07, 6.45) is 10.1. The van der Waals surface area contributed by atoms with Gasteiger partial charge in [-0.05, 0) is 57.3 Å². The summed E-state index contributed by atoms with van der Waals surface area (Å²) in [4.78, 5) is 11.6. The van der Waals surface area contributed by atoms with Crippen molar-refractivity contribution in [2.75, 3.05) is 0 Å². The predicted octanol–water partition coefficient (Wildman–Crippen LogP) is 3.65. The fourth-order valence-electron chi connectivity index (χ4n) is 4.21. The van der Waals surface area contributed by atoms with Gasteiger partial charge in [0.2, 0.25) is 0 Å². The maximum atomic E-state index is 11.6. The summed E-state index contributed by atoms with van der Waals surface area (Å²) in [5.74, 6) is 1.49. The van der Waals surface area contributed by atoms with Crippen LogP contribution < -0.4 is 0 Å². The smallest absolute Gasteiger partial charge is 0.133 e. The van der Waals surface area contributed by atoms with Crippen molar-refractivity contribution in [2.24, 2.45) is 23.7 Å². The van der Waals surface area contributed by atoms with Crippen molar-refractivity contribution < 1.29 is 15.0 Å². The third-order valence-electron chi connectivity index (χ3n) is 5.45. The summed E-state index contributed by atoms with van der Waals surface area (Å²) in [5.41, 5.74) is 1.34. The van der Waals surface area contributed by atoms with Crippen molar-refractivity contribution in [2.45, 2.75) is 71.5 Å². The van der Waals surface area contributed by atoms with Crippen molar-refractivity contribution in [1.29, 1.82) is 0 Å². The SMILES string of the molecule is CC(C)=CCCC(C)CC(O)/C=C/C1C2CC(=O)CC2C[C@H]1O. The van der Waals surface area contributed by atoms with E-state index in [0.29, 0.717) is 30.5 Å². The van der Waals surface area contributed by atoms with E-state index in [1.54, 1.807) is 0 Å². The second-order valence-corrected chi connectivity index (χ2v) is 7.90. The van der Waals surface area contributed by atoms with Crippen molar-refractivity contribution >= 4 is 5.78 Å². The normalized spacial score (nSPS) is 33.0. The van der Waals surface area contributed by atoms with Crippen LogP contribution in [0.15, 0.2) is 23.8 Å². The van der Waals surface area contributed by atoms with E-state index >= 15 is 0 Å². The highest BCUT2D eigenvalue weighted by Crippen LogP contribution is 2.46. The standard InChI is InChI=1S/C20H32O3/c1-13(2)5-4-6-14(3)9-16(21)7-8-18-19-12-17(22)10-15(19)11-20(18)23/h5,7-8,14-16,18-21,23H,4,6,9-12H2,1-3H3/b8-7+/t14?,15?,16?,18?,19?,20-/m1/s1. The molecule has 2 fully saturated rings. The number of hydrogen-bond donors (Lipinski definition) is 2. The summed E-state index contributed by atoms with van der Waals surface area (Å²) < 4.78 is 0. The molecule has 0 spiro atoms. The van der Waals surface area contributed by atoms with Crippen molar-refractivity contribution in [1.82, 2.24) is 0 Å². The summed E-state index contributed by atoms with van der Waals surface area (Å²) >= 11 is 0. The molecule has 2 N–H and O–H groups in total. The first-order valence-electron chi connectivity index (χ1n) is 9.06. The molecule has 0 aliphatic heterocycles. The molecule has 5 unspecified atom stereocenters. The van der Waals surface area contributed by atoms with Gasteiger partial charge in [0.1, 0.15) is 5.78 Å². The van der Waals surface area contributed by atoms with Gasteiger partial charge < -0.3 is 10.2 Å². The lowest BCUT2D eigenvalue weighted by molar-refractivity contribution is -0.118. The van der Waals surface area contributed by atoms with Crippen LogP contribution in [-0.4, -0.2) is 28.2 Å². The van der Waals surface area contributed by atoms with Crippen LogP contribution in [0.2, 0.25) is 0 Å². The van der Waals surface area contributed by atoms with Crippen LogP contribution in [0.5, 0.6) is 0 Å². The molecule has 0 aromatic rings. The zero-order valence-corrected chi connectivity index (χ0v) is 14.7. The highest BCUT2D eigenvalue weighted by Gasteiger charge is 2.46. The molecular formula is C20H32O3. The number of allylic oxidation sites excluding steroid dienone is 2. The molecule has 0 bridgehead atoms. The topological polar surface area (TPSA) is 57.5 Å². The van der Waals surface area contributed by atoms with E-state index in [0.717, 1.165) is 25.7 Å². The van der Waals surface area contributed by atoms with Gasteiger partial charge in [0, 0.05) is 18.8 Å². The lowest BCUT2D eigenvalue weighted by Gasteiger charge is -2.18. The summed E-state index contributed by atoms with van der Waals surface area (Å²) in [7, 11) is 0. The molecule has 130 valence electrons. The Morgan fingerprint density at radius 1 is 1.35 bits per heavy atom. The number of Topliss-reactive ketones (excluding diaryl/α,β-unsaturated/α-hetero) is 1. The van der Waals surface area contributed by atoms with Crippen molar-refractivity contribution in [3.8, 4) is 0 Å². The van der Waals surface area contributed by atoms with E-state index in [2.05, 4.69) is 26.8 Å². The van der Waals surface area contributed by atoms with E-state index in [1.807, 2.05) is 12.2 Å². The van der Waals surface area contributed by atoms with Gasteiger partial charge in [-0.1, -0.05) is 30.7 Å². The van der Waals surface area contributed by atoms with Gasteiger partial charge in [-0.2, -0.15) is 0 Å². The number of hydrogen-bond acceptors (Lipinski definition) is 3. The van der Waals surface area contributed by atoms with Crippen LogP contribution in [0.4, 0.5) is 0 Å². The van der Waals surface area contributed by atoms with Gasteiger partial charge in [-0.15, -0.1) is 0 Å². The number of carbonyl (C=O) groups excluding carboxylic acids is 1. The lowest BCUT2D eigenvalue weighted by Crippen LogP contribution is -2.18. The molecule has 0 amide bonds. The first-order chi connectivity index (χ1) is 10.9. The zero-order valence-electron chi connectivity index (χ0n) is 14.7. The van der Waals surface area contributed by atoms with E-state index in [9.17, 15) is 15.0 Å². The van der Waals surface area contributed by atoms with E-state index < -0.39 is 6.10 Å². The molecule has 0 radical (unpaired) electrons. The third-order valence-corrected chi connectivity index (χ3v) is 5.45. The van der Waals surface area contributed by atoms with Crippen LogP contribution in [0, 0.1) is 23.7 Å². The van der Waals surface area contributed by atoms with E-state index in [4.69, 9.17) is 0 Å². The Labute approximate surface area is 140 Å². The van der Waals surface area contributed by atoms with E-state index in [1.165, 1.54) is 5.57 Å². The Kier molecular flexibility index (Phi) is 6.60. The van der Waals surface area contributed by atoms with Crippen LogP contribution in [-0.2, 0) is 4.79 Å². The third kappa shape index (κ3) is 5.29. The Morgan fingerprint density at radius 3 is 2.78 bits per heavy atom. The van der Waals surface area contributed by atoms with Gasteiger partial charge in [0.25, 0.3) is 0 Å². The average molecular weight is 320 g/mol. The minimum atomic E-state index is -0.458. The maximum Gasteiger partial charge on any atom is 0.133 e.